The molecule has 1 aromatic heterocycles. The Labute approximate surface area is 391 Å². The Bertz CT molecular complexity index is 2480. The molecule has 0 radical (unpaired) electrons. The molecule has 14 nitrogen and oxygen atoms in total. The average molecular weight is 914 g/mol. The zero-order chi connectivity index (χ0) is 46.5. The molecule has 1 unspecified atom stereocenters. The number of fused-ring (bicyclic) bond motifs is 4. The summed E-state index contributed by atoms with van der Waals surface area (Å²) < 4.78 is 17.8. The summed E-state index contributed by atoms with van der Waals surface area (Å²) in [6, 6.07) is 30.3. The molecule has 14 heteroatoms. The third-order valence-electron chi connectivity index (χ3n) is 13.5. The topological polar surface area (TPSA) is 183 Å². The number of hydrogen-bond acceptors (Lipinski definition) is 11. The van der Waals surface area contributed by atoms with Gasteiger partial charge in [0.15, 0.2) is 0 Å². The molecule has 2 bridgehead atoms. The van der Waals surface area contributed by atoms with Crippen molar-refractivity contribution in [2.24, 2.45) is 11.8 Å². The minimum Gasteiger partial charge on any atom is -0.506 e. The van der Waals surface area contributed by atoms with Gasteiger partial charge in [0.25, 0.3) is 0 Å². The molecule has 4 aliphatic rings. The van der Waals surface area contributed by atoms with Gasteiger partial charge in [-0.25, -0.2) is 9.59 Å². The maximum atomic E-state index is 13.7. The molecule has 0 spiro atoms. The number of H-pyrrole nitrogens is 1. The summed E-state index contributed by atoms with van der Waals surface area (Å²) in [5.41, 5.74) is 3.62. The van der Waals surface area contributed by atoms with Crippen molar-refractivity contribution in [2.75, 3.05) is 52.4 Å². The van der Waals surface area contributed by atoms with Crippen molar-refractivity contribution in [3.05, 3.63) is 141 Å². The number of benzene rings is 4. The lowest BCUT2D eigenvalue weighted by Gasteiger charge is -2.43. The lowest BCUT2D eigenvalue weighted by atomic mass is 9.86. The molecule has 3 atom stereocenters. The summed E-state index contributed by atoms with van der Waals surface area (Å²) in [6.45, 7) is 5.17. The number of aliphatic hydroxyl groups excluding tert-OH is 1. The molecule has 4 heterocycles. The van der Waals surface area contributed by atoms with Gasteiger partial charge in [0.1, 0.15) is 24.2 Å². The molecule has 3 saturated heterocycles. The first-order chi connectivity index (χ1) is 32.7. The van der Waals surface area contributed by atoms with E-state index < -0.39 is 24.2 Å². The molecule has 4 aromatic carbocycles. The highest BCUT2D eigenvalue weighted by Crippen LogP contribution is 2.32. The minimum absolute atomic E-state index is 0.00483. The van der Waals surface area contributed by atoms with Gasteiger partial charge in [-0.05, 0) is 123 Å². The number of nitrogens with zero attached hydrogens (tertiary/aromatic N) is 2. The zero-order valence-corrected chi connectivity index (χ0v) is 38.1. The summed E-state index contributed by atoms with van der Waals surface area (Å²) >= 11 is 0. The first-order valence-corrected chi connectivity index (χ1v) is 23.9. The number of phenols is 1. The number of aromatic amines is 1. The van der Waals surface area contributed by atoms with Gasteiger partial charge in [0.05, 0.1) is 29.8 Å². The van der Waals surface area contributed by atoms with Gasteiger partial charge in [0.2, 0.25) is 11.5 Å². The minimum atomic E-state index is -0.877. The fraction of sp³-hybridized carbons (Fsp3) is 0.434. The molecule has 67 heavy (non-hydrogen) atoms. The number of carbonyl (C=O) groups excluding carboxylic acids is 3. The van der Waals surface area contributed by atoms with E-state index in [1.54, 1.807) is 24.3 Å². The van der Waals surface area contributed by atoms with Crippen molar-refractivity contribution in [3.63, 3.8) is 0 Å². The second-order valence-electron chi connectivity index (χ2n) is 18.1. The molecule has 3 aliphatic heterocycles. The Morgan fingerprint density at radius 3 is 2.36 bits per heavy atom. The van der Waals surface area contributed by atoms with E-state index in [0.29, 0.717) is 60.7 Å². The van der Waals surface area contributed by atoms with E-state index in [4.69, 9.17) is 14.2 Å². The monoisotopic (exact) mass is 913 g/mol. The molecule has 354 valence electrons. The van der Waals surface area contributed by atoms with Crippen molar-refractivity contribution in [1.82, 2.24) is 25.4 Å². The Morgan fingerprint density at radius 2 is 1.60 bits per heavy atom. The van der Waals surface area contributed by atoms with E-state index in [1.165, 1.54) is 12.1 Å². The highest BCUT2D eigenvalue weighted by Gasteiger charge is 2.37. The van der Waals surface area contributed by atoms with Crippen LogP contribution in [0.3, 0.4) is 0 Å². The molecular formula is C53H63N5O9. The number of alkyl carbamates (subject to hydrolysis) is 1. The molecule has 1 aliphatic carbocycles. The van der Waals surface area contributed by atoms with Crippen molar-refractivity contribution in [2.45, 2.75) is 82.6 Å². The number of ether oxygens (including phenoxy) is 3. The predicted octanol–water partition coefficient (Wildman–Crippen LogP) is 7.39. The molecule has 4 fully saturated rings. The summed E-state index contributed by atoms with van der Waals surface area (Å²) in [4.78, 5) is 58.7. The number of hydrogen-bond donors (Lipinski definition) is 5. The fourth-order valence-electron chi connectivity index (χ4n) is 9.76. The van der Waals surface area contributed by atoms with Crippen LogP contribution in [-0.2, 0) is 20.9 Å². The summed E-state index contributed by atoms with van der Waals surface area (Å²) in [5, 5.41) is 28.1. The zero-order valence-electron chi connectivity index (χ0n) is 38.1. The summed E-state index contributed by atoms with van der Waals surface area (Å²) in [6.07, 6.45) is 6.90. The van der Waals surface area contributed by atoms with Crippen molar-refractivity contribution < 1.29 is 38.8 Å². The van der Waals surface area contributed by atoms with Crippen LogP contribution in [0, 0.1) is 11.8 Å². The van der Waals surface area contributed by atoms with Crippen molar-refractivity contribution in [1.29, 1.82) is 0 Å². The molecule has 5 aromatic rings. The molecule has 5 N–H and O–H groups in total. The number of carbonyl (C=O) groups is 3. The third-order valence-corrected chi connectivity index (χ3v) is 13.5. The molecule has 9 rings (SSSR count). The van der Waals surface area contributed by atoms with E-state index in [1.807, 2.05) is 71.6 Å². The highest BCUT2D eigenvalue weighted by atomic mass is 16.6. The van der Waals surface area contributed by atoms with Gasteiger partial charge in [-0.1, -0.05) is 79.9 Å². The van der Waals surface area contributed by atoms with Crippen LogP contribution in [0.1, 0.15) is 103 Å². The van der Waals surface area contributed by atoms with E-state index in [9.17, 15) is 29.4 Å². The number of pyridine rings is 1. The van der Waals surface area contributed by atoms with Crippen LogP contribution in [0.2, 0.25) is 0 Å². The van der Waals surface area contributed by atoms with Crippen LogP contribution in [0.4, 0.5) is 4.79 Å². The van der Waals surface area contributed by atoms with Crippen LogP contribution in [-0.4, -0.2) is 101 Å². The first-order valence-electron chi connectivity index (χ1n) is 23.9. The largest absolute Gasteiger partial charge is 0.506 e. The fourth-order valence-corrected chi connectivity index (χ4v) is 9.76. The molecule has 1 saturated carbocycles. The number of esters is 1. The number of aromatic nitrogens is 1. The van der Waals surface area contributed by atoms with Crippen molar-refractivity contribution in [3.8, 4) is 11.5 Å². The van der Waals surface area contributed by atoms with Crippen LogP contribution < -0.4 is 20.9 Å². The van der Waals surface area contributed by atoms with Gasteiger partial charge in [-0.15, -0.1) is 0 Å². The van der Waals surface area contributed by atoms with Crippen LogP contribution in [0.25, 0.3) is 10.9 Å². The maximum absolute atomic E-state index is 13.7. The quantitative estimate of drug-likeness (QED) is 0.0388. The number of phenolic OH excluding ortho intramolecular Hbond substituents is 1. The summed E-state index contributed by atoms with van der Waals surface area (Å²) in [5.74, 6) is 0.700. The molecular weight excluding hydrogens is 851 g/mol. The lowest BCUT2D eigenvalue weighted by molar-refractivity contribution is -0.136. The molecule has 2 amide bonds. The number of aromatic hydroxyl groups is 1. The Morgan fingerprint density at radius 1 is 0.836 bits per heavy atom. The summed E-state index contributed by atoms with van der Waals surface area (Å²) in [7, 11) is 0. The third kappa shape index (κ3) is 12.6. The number of rotatable bonds is 20. The number of amides is 2. The average Bonchev–Trinajstić information content (AvgIpc) is 3.36. The van der Waals surface area contributed by atoms with E-state index >= 15 is 0 Å². The SMILES string of the molecule is O=C(NC(c1ccccc1)c1cccc(OCc2ccc(C(=O)OCCCN(CCCNC[C@H](O)c3ccc(O)c4[nH]c(=O)ccc34)C(=O)C3CCCCC3)cc2)c1)O[C@H]1CN2CCC1CC2. The van der Waals surface area contributed by atoms with E-state index in [2.05, 4.69) is 20.5 Å². The Hall–Kier alpha value is -6.22. The van der Waals surface area contributed by atoms with Crippen LogP contribution >= 0.6 is 0 Å². The second kappa shape index (κ2) is 23.0. The van der Waals surface area contributed by atoms with Gasteiger partial charge in [-0.2, -0.15) is 0 Å². The van der Waals surface area contributed by atoms with E-state index in [-0.39, 0.29) is 54.5 Å². The maximum Gasteiger partial charge on any atom is 0.408 e. The van der Waals surface area contributed by atoms with Gasteiger partial charge in [0, 0.05) is 43.5 Å². The number of aliphatic hydroxyl groups is 1. The van der Waals surface area contributed by atoms with Gasteiger partial charge in [-0.3, -0.25) is 14.5 Å². The number of piperidine rings is 3. The van der Waals surface area contributed by atoms with Gasteiger partial charge < -0.3 is 44.9 Å². The predicted molar refractivity (Wildman–Crippen MR) is 255 cm³/mol. The lowest BCUT2D eigenvalue weighted by Crippen LogP contribution is -2.52. The smallest absolute Gasteiger partial charge is 0.408 e. The Kier molecular flexibility index (Phi) is 16.2. The highest BCUT2D eigenvalue weighted by molar-refractivity contribution is 5.89. The number of nitrogens with one attached hydrogen (secondary N) is 3. The van der Waals surface area contributed by atoms with E-state index in [0.717, 1.165) is 81.3 Å². The second-order valence-corrected chi connectivity index (χ2v) is 18.1. The Balaban J connectivity index is 0.790. The first kappa shape index (κ1) is 47.3. The van der Waals surface area contributed by atoms with Gasteiger partial charge >= 0.3 is 12.1 Å². The normalized spacial score (nSPS) is 19.0. The van der Waals surface area contributed by atoms with Crippen LogP contribution in [0.15, 0.2) is 108 Å². The van der Waals surface area contributed by atoms with Crippen LogP contribution in [0.5, 0.6) is 11.5 Å². The van der Waals surface area contributed by atoms with Crippen molar-refractivity contribution >= 4 is 28.9 Å². The standard InChI is InChI=1S/C53H63N5O9/c59-45-22-20-43(44-21-23-48(61)55-50(44)45)46(60)33-54-26-8-27-58(51(62)39-12-5-2-6-13-39)28-9-31-65-52(63)40-18-16-36(17-19-40)35-66-42-15-7-14-41(32-42)49(38-10-3-1-4-11-38)56-53(64)67-47-34-57-29-24-37(47)25-30-57/h1,3-4,7,10-11,14-23,32,37,39,46-47,49,54,59-60H,2,5-6,8-9,12-13,24-31,33-35H2,(H,55,61)(H,56,64)/t46-,47-,49?/m0/s1.